The van der Waals surface area contributed by atoms with E-state index in [4.69, 9.17) is 4.74 Å². The van der Waals surface area contributed by atoms with E-state index >= 15 is 0 Å². The van der Waals surface area contributed by atoms with Gasteiger partial charge in [-0.05, 0) is 57.9 Å². The highest BCUT2D eigenvalue weighted by Gasteiger charge is 2.24. The zero-order valence-corrected chi connectivity index (χ0v) is 15.1. The van der Waals surface area contributed by atoms with Crippen molar-refractivity contribution in [1.29, 1.82) is 0 Å². The third kappa shape index (κ3) is 4.99. The first-order valence-electron chi connectivity index (χ1n) is 7.92. The number of halogens is 1. The summed E-state index contributed by atoms with van der Waals surface area (Å²) in [5, 5.41) is 3.11. The van der Waals surface area contributed by atoms with Crippen LogP contribution in [0.1, 0.15) is 33.6 Å². The predicted molar refractivity (Wildman–Crippen MR) is 92.1 cm³/mol. The van der Waals surface area contributed by atoms with Crippen LogP contribution in [0.15, 0.2) is 28.7 Å². The van der Waals surface area contributed by atoms with Gasteiger partial charge >= 0.3 is 0 Å². The van der Waals surface area contributed by atoms with E-state index in [1.165, 1.54) is 0 Å². The Morgan fingerprint density at radius 2 is 1.82 bits per heavy atom. The van der Waals surface area contributed by atoms with Gasteiger partial charge in [0.1, 0.15) is 5.75 Å². The molecule has 1 heterocycles. The average molecular weight is 369 g/mol. The Morgan fingerprint density at radius 1 is 1.23 bits per heavy atom. The number of hydrogen-bond acceptors (Lipinski definition) is 3. The summed E-state index contributed by atoms with van der Waals surface area (Å²) >= 11 is 3.38. The fourth-order valence-corrected chi connectivity index (χ4v) is 2.91. The molecule has 0 unspecified atom stereocenters. The molecule has 0 saturated carbocycles. The summed E-state index contributed by atoms with van der Waals surface area (Å²) in [6, 6.07) is 8.36. The van der Waals surface area contributed by atoms with Crippen LogP contribution >= 0.6 is 15.9 Å². The Hall–Kier alpha value is -1.07. The van der Waals surface area contributed by atoms with Crippen LogP contribution in [-0.4, -0.2) is 42.1 Å². The number of nitrogens with zero attached hydrogens (tertiary/aromatic N) is 1. The standard InChI is InChI=1S/C17H25BrN2O2/c1-12(2)20-10-8-15(9-11-20)19-17(21)13(3)22-16-6-4-14(18)5-7-16/h4-7,12-13,15H,8-11H2,1-3H3,(H,19,21)/t13-/m0/s1. The molecule has 1 aromatic rings. The molecular weight excluding hydrogens is 344 g/mol. The van der Waals surface area contributed by atoms with E-state index in [1.54, 1.807) is 6.92 Å². The molecule has 1 N–H and O–H groups in total. The van der Waals surface area contributed by atoms with Gasteiger partial charge in [0.05, 0.1) is 0 Å². The van der Waals surface area contributed by atoms with Crippen molar-refractivity contribution in [3.63, 3.8) is 0 Å². The van der Waals surface area contributed by atoms with E-state index in [2.05, 4.69) is 40.0 Å². The van der Waals surface area contributed by atoms with Crippen LogP contribution in [0.3, 0.4) is 0 Å². The molecule has 122 valence electrons. The van der Waals surface area contributed by atoms with Crippen LogP contribution in [0.5, 0.6) is 5.75 Å². The molecule has 1 aliphatic heterocycles. The molecule has 0 spiro atoms. The number of hydrogen-bond donors (Lipinski definition) is 1. The molecule has 1 aromatic carbocycles. The molecule has 2 rings (SSSR count). The maximum atomic E-state index is 12.2. The molecule has 1 fully saturated rings. The summed E-state index contributed by atoms with van der Waals surface area (Å²) in [5.74, 6) is 0.673. The van der Waals surface area contributed by atoms with Gasteiger partial charge in [-0.3, -0.25) is 4.79 Å². The Morgan fingerprint density at radius 3 is 2.36 bits per heavy atom. The van der Waals surface area contributed by atoms with Gasteiger partial charge in [-0.2, -0.15) is 0 Å². The number of carbonyl (C=O) groups is 1. The van der Waals surface area contributed by atoms with Crippen molar-refractivity contribution >= 4 is 21.8 Å². The minimum absolute atomic E-state index is 0.0362. The molecule has 22 heavy (non-hydrogen) atoms. The van der Waals surface area contributed by atoms with Crippen molar-refractivity contribution < 1.29 is 9.53 Å². The highest BCUT2D eigenvalue weighted by Crippen LogP contribution is 2.18. The highest BCUT2D eigenvalue weighted by atomic mass is 79.9. The van der Waals surface area contributed by atoms with E-state index in [0.717, 1.165) is 30.4 Å². The Kier molecular flexibility index (Phi) is 6.26. The molecule has 1 amide bonds. The van der Waals surface area contributed by atoms with Crippen LogP contribution in [0.25, 0.3) is 0 Å². The van der Waals surface area contributed by atoms with Gasteiger partial charge in [-0.25, -0.2) is 0 Å². The highest BCUT2D eigenvalue weighted by molar-refractivity contribution is 9.10. The lowest BCUT2D eigenvalue weighted by atomic mass is 10.0. The molecule has 1 atom stereocenters. The number of ether oxygens (including phenoxy) is 1. The number of nitrogens with one attached hydrogen (secondary N) is 1. The monoisotopic (exact) mass is 368 g/mol. The number of rotatable bonds is 5. The van der Waals surface area contributed by atoms with Gasteiger partial charge in [-0.15, -0.1) is 0 Å². The molecule has 5 heteroatoms. The van der Waals surface area contributed by atoms with E-state index in [0.29, 0.717) is 11.8 Å². The van der Waals surface area contributed by atoms with Gasteiger partial charge in [0, 0.05) is 29.6 Å². The van der Waals surface area contributed by atoms with E-state index in [9.17, 15) is 4.79 Å². The quantitative estimate of drug-likeness (QED) is 0.867. The molecule has 1 aliphatic rings. The largest absolute Gasteiger partial charge is 0.481 e. The van der Waals surface area contributed by atoms with Crippen molar-refractivity contribution in [3.8, 4) is 5.75 Å². The predicted octanol–water partition coefficient (Wildman–Crippen LogP) is 3.21. The maximum Gasteiger partial charge on any atom is 0.260 e. The summed E-state index contributed by atoms with van der Waals surface area (Å²) in [4.78, 5) is 14.7. The van der Waals surface area contributed by atoms with E-state index < -0.39 is 6.10 Å². The smallest absolute Gasteiger partial charge is 0.260 e. The number of amides is 1. The van der Waals surface area contributed by atoms with Gasteiger partial charge in [0.2, 0.25) is 0 Å². The van der Waals surface area contributed by atoms with Gasteiger partial charge < -0.3 is 15.0 Å². The first-order chi connectivity index (χ1) is 10.5. The lowest BCUT2D eigenvalue weighted by Gasteiger charge is -2.35. The number of benzene rings is 1. The van der Waals surface area contributed by atoms with Crippen molar-refractivity contribution in [1.82, 2.24) is 10.2 Å². The third-order valence-electron chi connectivity index (χ3n) is 4.10. The summed E-state index contributed by atoms with van der Waals surface area (Å²) in [6.45, 7) is 8.32. The van der Waals surface area contributed by atoms with Gasteiger partial charge in [0.15, 0.2) is 6.10 Å². The topological polar surface area (TPSA) is 41.6 Å². The van der Waals surface area contributed by atoms with Crippen LogP contribution in [0, 0.1) is 0 Å². The fourth-order valence-electron chi connectivity index (χ4n) is 2.65. The zero-order chi connectivity index (χ0) is 16.1. The summed E-state index contributed by atoms with van der Waals surface area (Å²) in [7, 11) is 0. The molecular formula is C17H25BrN2O2. The second-order valence-corrected chi connectivity index (χ2v) is 7.04. The molecule has 0 bridgehead atoms. The molecule has 1 saturated heterocycles. The Bertz CT molecular complexity index is 482. The lowest BCUT2D eigenvalue weighted by Crippen LogP contribution is -2.49. The van der Waals surface area contributed by atoms with Crippen molar-refractivity contribution in [2.45, 2.75) is 51.8 Å². The first-order valence-corrected chi connectivity index (χ1v) is 8.71. The molecule has 0 radical (unpaired) electrons. The van der Waals surface area contributed by atoms with E-state index in [-0.39, 0.29) is 11.9 Å². The molecule has 0 aliphatic carbocycles. The van der Waals surface area contributed by atoms with Gasteiger partial charge in [-0.1, -0.05) is 15.9 Å². The average Bonchev–Trinajstić information content (AvgIpc) is 2.50. The summed E-state index contributed by atoms with van der Waals surface area (Å²) < 4.78 is 6.68. The minimum Gasteiger partial charge on any atom is -0.481 e. The maximum absolute atomic E-state index is 12.2. The zero-order valence-electron chi connectivity index (χ0n) is 13.5. The Labute approximate surface area is 141 Å². The van der Waals surface area contributed by atoms with Crippen LogP contribution in [0.4, 0.5) is 0 Å². The number of likely N-dealkylation sites (tertiary alicyclic amines) is 1. The lowest BCUT2D eigenvalue weighted by molar-refractivity contribution is -0.128. The van der Waals surface area contributed by atoms with Crippen LogP contribution < -0.4 is 10.1 Å². The number of carbonyl (C=O) groups excluding carboxylic acids is 1. The normalized spacial score (nSPS) is 18.2. The van der Waals surface area contributed by atoms with Crippen LogP contribution in [-0.2, 0) is 4.79 Å². The summed E-state index contributed by atoms with van der Waals surface area (Å²) in [5.41, 5.74) is 0. The van der Waals surface area contributed by atoms with Crippen molar-refractivity contribution in [2.24, 2.45) is 0 Å². The van der Waals surface area contributed by atoms with Gasteiger partial charge in [0.25, 0.3) is 5.91 Å². The summed E-state index contributed by atoms with van der Waals surface area (Å²) in [6.07, 6.45) is 1.54. The Balaban J connectivity index is 1.78. The molecule has 0 aromatic heterocycles. The second-order valence-electron chi connectivity index (χ2n) is 6.13. The third-order valence-corrected chi connectivity index (χ3v) is 4.63. The van der Waals surface area contributed by atoms with E-state index in [1.807, 2.05) is 24.3 Å². The number of piperidine rings is 1. The van der Waals surface area contributed by atoms with Crippen LogP contribution in [0.2, 0.25) is 0 Å². The fraction of sp³-hybridized carbons (Fsp3) is 0.588. The SMILES string of the molecule is CC(C)N1CCC(NC(=O)[C@H](C)Oc2ccc(Br)cc2)CC1. The first kappa shape index (κ1) is 17.3. The minimum atomic E-state index is -0.482. The second kappa shape index (κ2) is 7.97. The molecule has 4 nitrogen and oxygen atoms in total. The van der Waals surface area contributed by atoms with Crippen molar-refractivity contribution in [3.05, 3.63) is 28.7 Å². The van der Waals surface area contributed by atoms with Crippen molar-refractivity contribution in [2.75, 3.05) is 13.1 Å².